The van der Waals surface area contributed by atoms with Crippen molar-refractivity contribution in [2.24, 2.45) is 5.41 Å². The highest BCUT2D eigenvalue weighted by atomic mass is 32.2. The van der Waals surface area contributed by atoms with Crippen LogP contribution in [0.3, 0.4) is 0 Å². The lowest BCUT2D eigenvalue weighted by Gasteiger charge is -2.20. The first-order valence-electron chi connectivity index (χ1n) is 6.15. The first-order valence-corrected chi connectivity index (χ1v) is 7.59. The number of carboxylic acids is 1. The summed E-state index contributed by atoms with van der Waals surface area (Å²) in [5.41, 5.74) is -1.45. The Morgan fingerprint density at radius 3 is 2.67 bits per heavy atom. The molecule has 1 aliphatic rings. The summed E-state index contributed by atoms with van der Waals surface area (Å²) in [7, 11) is -3.93. The van der Waals surface area contributed by atoms with Gasteiger partial charge in [-0.1, -0.05) is 6.07 Å². The summed E-state index contributed by atoms with van der Waals surface area (Å²) < 4.78 is 25.9. The summed E-state index contributed by atoms with van der Waals surface area (Å²) in [5.74, 6) is -1.06. The molecule has 0 spiro atoms. The molecule has 1 N–H and O–H groups in total. The maximum absolute atomic E-state index is 12.4. The fraction of sp³-hybridized carbons (Fsp3) is 0.417. The van der Waals surface area contributed by atoms with Gasteiger partial charge in [0.15, 0.2) is 0 Å². The number of aliphatic carboxylic acids is 1. The van der Waals surface area contributed by atoms with Gasteiger partial charge in [-0.15, -0.1) is 0 Å². The monoisotopic (exact) mass is 314 g/mol. The fourth-order valence-corrected chi connectivity index (χ4v) is 3.81. The van der Waals surface area contributed by atoms with Gasteiger partial charge in [0.25, 0.3) is 5.69 Å². The van der Waals surface area contributed by atoms with Crippen molar-refractivity contribution >= 4 is 21.7 Å². The molecule has 1 atom stereocenters. The van der Waals surface area contributed by atoms with Gasteiger partial charge in [0.1, 0.15) is 0 Å². The molecule has 0 saturated carbocycles. The molecule has 1 unspecified atom stereocenters. The normalized spacial score (nSPS) is 23.1. The smallest absolute Gasteiger partial charge is 0.310 e. The predicted octanol–water partition coefficient (Wildman–Crippen LogP) is 1.08. The van der Waals surface area contributed by atoms with Crippen LogP contribution in [0.25, 0.3) is 0 Å². The Bertz CT molecular complexity index is 701. The van der Waals surface area contributed by atoms with Crippen LogP contribution in [-0.4, -0.2) is 41.8 Å². The molecule has 2 rings (SSSR count). The van der Waals surface area contributed by atoms with Crippen molar-refractivity contribution in [2.75, 3.05) is 13.1 Å². The van der Waals surface area contributed by atoms with Crippen LogP contribution in [0.2, 0.25) is 0 Å². The number of carbonyl (C=O) groups is 1. The van der Waals surface area contributed by atoms with Crippen LogP contribution < -0.4 is 0 Å². The van der Waals surface area contributed by atoms with Gasteiger partial charge in [0.2, 0.25) is 10.0 Å². The van der Waals surface area contributed by atoms with Crippen molar-refractivity contribution in [1.29, 1.82) is 0 Å². The summed E-state index contributed by atoms with van der Waals surface area (Å²) >= 11 is 0. The fourth-order valence-electron chi connectivity index (χ4n) is 2.21. The first kappa shape index (κ1) is 15.4. The molecule has 0 radical (unpaired) electrons. The van der Waals surface area contributed by atoms with Crippen molar-refractivity contribution in [3.05, 3.63) is 34.4 Å². The maximum Gasteiger partial charge on any atom is 0.310 e. The van der Waals surface area contributed by atoms with Gasteiger partial charge in [-0.3, -0.25) is 14.9 Å². The number of nitrogens with zero attached hydrogens (tertiary/aromatic N) is 2. The molecule has 0 aromatic heterocycles. The Kier molecular flexibility index (Phi) is 3.72. The summed E-state index contributed by atoms with van der Waals surface area (Å²) in [6.45, 7) is 1.42. The molecule has 0 aliphatic carbocycles. The second-order valence-electron chi connectivity index (χ2n) is 5.21. The van der Waals surface area contributed by atoms with E-state index in [1.54, 1.807) is 0 Å². The van der Waals surface area contributed by atoms with Crippen LogP contribution in [0, 0.1) is 15.5 Å². The lowest BCUT2D eigenvalue weighted by Crippen LogP contribution is -2.34. The van der Waals surface area contributed by atoms with E-state index < -0.39 is 26.3 Å². The number of benzene rings is 1. The number of rotatable bonds is 4. The largest absolute Gasteiger partial charge is 0.481 e. The number of nitro groups is 1. The van der Waals surface area contributed by atoms with Crippen LogP contribution in [0.15, 0.2) is 29.2 Å². The summed E-state index contributed by atoms with van der Waals surface area (Å²) in [5, 5.41) is 19.8. The van der Waals surface area contributed by atoms with Gasteiger partial charge < -0.3 is 5.11 Å². The number of carboxylic acid groups (broad SMARTS) is 1. The Labute approximate surface area is 121 Å². The molecule has 1 fully saturated rings. The van der Waals surface area contributed by atoms with Crippen LogP contribution in [0.1, 0.15) is 13.3 Å². The molecular formula is C12H14N2O6S. The van der Waals surface area contributed by atoms with Crippen LogP contribution in [-0.2, 0) is 14.8 Å². The standard InChI is InChI=1S/C12H14N2O6S/c1-12(11(15)16)5-6-13(8-12)21(19,20)10-4-2-3-9(7-10)14(17)18/h2-4,7H,5-6,8H2,1H3,(H,15,16). The zero-order valence-corrected chi connectivity index (χ0v) is 12.0. The van der Waals surface area contributed by atoms with E-state index in [0.717, 1.165) is 10.4 Å². The van der Waals surface area contributed by atoms with Crippen LogP contribution >= 0.6 is 0 Å². The number of non-ortho nitro benzene ring substituents is 1. The molecular weight excluding hydrogens is 300 g/mol. The van der Waals surface area contributed by atoms with E-state index in [1.807, 2.05) is 0 Å². The average molecular weight is 314 g/mol. The lowest BCUT2D eigenvalue weighted by molar-refractivity contribution is -0.385. The number of nitro benzene ring substituents is 1. The molecule has 1 aliphatic heterocycles. The van der Waals surface area contributed by atoms with E-state index in [9.17, 15) is 23.3 Å². The highest BCUT2D eigenvalue weighted by Gasteiger charge is 2.45. The van der Waals surface area contributed by atoms with Crippen molar-refractivity contribution < 1.29 is 23.2 Å². The molecule has 1 saturated heterocycles. The topological polar surface area (TPSA) is 118 Å². The number of hydrogen-bond donors (Lipinski definition) is 1. The SMILES string of the molecule is CC1(C(=O)O)CCN(S(=O)(=O)c2cccc([N+](=O)[O-])c2)C1. The second-order valence-corrected chi connectivity index (χ2v) is 7.15. The van der Waals surface area contributed by atoms with E-state index in [-0.39, 0.29) is 30.1 Å². The maximum atomic E-state index is 12.4. The van der Waals surface area contributed by atoms with Gasteiger partial charge in [-0.2, -0.15) is 4.31 Å². The van der Waals surface area contributed by atoms with Gasteiger partial charge in [-0.25, -0.2) is 8.42 Å². The molecule has 9 heteroatoms. The van der Waals surface area contributed by atoms with E-state index >= 15 is 0 Å². The van der Waals surface area contributed by atoms with Gasteiger partial charge >= 0.3 is 5.97 Å². The van der Waals surface area contributed by atoms with Crippen molar-refractivity contribution in [3.8, 4) is 0 Å². The molecule has 0 bridgehead atoms. The van der Waals surface area contributed by atoms with Crippen molar-refractivity contribution in [2.45, 2.75) is 18.2 Å². The Hall–Kier alpha value is -2.00. The second kappa shape index (κ2) is 5.08. The molecule has 1 aromatic carbocycles. The third-order valence-electron chi connectivity index (χ3n) is 3.62. The molecule has 1 aromatic rings. The quantitative estimate of drug-likeness (QED) is 0.656. The van der Waals surface area contributed by atoms with E-state index in [4.69, 9.17) is 5.11 Å². The van der Waals surface area contributed by atoms with Crippen LogP contribution in [0.4, 0.5) is 5.69 Å². The van der Waals surface area contributed by atoms with E-state index in [0.29, 0.717) is 0 Å². The lowest BCUT2D eigenvalue weighted by atomic mass is 9.90. The van der Waals surface area contributed by atoms with Crippen molar-refractivity contribution in [3.63, 3.8) is 0 Å². The third kappa shape index (κ3) is 2.74. The zero-order valence-electron chi connectivity index (χ0n) is 11.2. The third-order valence-corrected chi connectivity index (χ3v) is 5.46. The summed E-state index contributed by atoms with van der Waals surface area (Å²) in [6, 6.07) is 4.73. The van der Waals surface area contributed by atoms with Gasteiger partial charge in [-0.05, 0) is 19.4 Å². The summed E-state index contributed by atoms with van der Waals surface area (Å²) in [4.78, 5) is 21.0. The molecule has 8 nitrogen and oxygen atoms in total. The predicted molar refractivity (Wildman–Crippen MR) is 72.2 cm³/mol. The highest BCUT2D eigenvalue weighted by Crippen LogP contribution is 2.34. The minimum Gasteiger partial charge on any atom is -0.481 e. The highest BCUT2D eigenvalue weighted by molar-refractivity contribution is 7.89. The van der Waals surface area contributed by atoms with E-state index in [1.165, 1.54) is 25.1 Å². The summed E-state index contributed by atoms with van der Waals surface area (Å²) in [6.07, 6.45) is 0.205. The molecule has 1 heterocycles. The Morgan fingerprint density at radius 1 is 1.48 bits per heavy atom. The average Bonchev–Trinajstić information content (AvgIpc) is 2.84. The minimum atomic E-state index is -3.93. The zero-order chi connectivity index (χ0) is 15.8. The number of hydrogen-bond acceptors (Lipinski definition) is 5. The van der Waals surface area contributed by atoms with Gasteiger partial charge in [0.05, 0.1) is 15.2 Å². The Morgan fingerprint density at radius 2 is 2.14 bits per heavy atom. The van der Waals surface area contributed by atoms with E-state index in [2.05, 4.69) is 0 Å². The molecule has 21 heavy (non-hydrogen) atoms. The molecule has 114 valence electrons. The number of sulfonamides is 1. The minimum absolute atomic E-state index is 0.0772. The first-order chi connectivity index (χ1) is 9.67. The van der Waals surface area contributed by atoms with Gasteiger partial charge in [0, 0.05) is 25.2 Å². The molecule has 0 amide bonds. The Balaban J connectivity index is 2.34. The van der Waals surface area contributed by atoms with Crippen LogP contribution in [0.5, 0.6) is 0 Å². The van der Waals surface area contributed by atoms with Crippen molar-refractivity contribution in [1.82, 2.24) is 4.31 Å².